The van der Waals surface area contributed by atoms with Gasteiger partial charge in [0.1, 0.15) is 11.5 Å². The number of carbonyl (C=O) groups excluding carboxylic acids is 2. The molecule has 0 spiro atoms. The maximum atomic E-state index is 13.0. The van der Waals surface area contributed by atoms with Crippen molar-refractivity contribution in [2.45, 2.75) is 45.6 Å². The van der Waals surface area contributed by atoms with Gasteiger partial charge in [-0.05, 0) is 47.2 Å². The lowest BCUT2D eigenvalue weighted by atomic mass is 9.85. The Kier molecular flexibility index (Phi) is 7.59. The van der Waals surface area contributed by atoms with Crippen molar-refractivity contribution in [1.82, 2.24) is 4.90 Å². The van der Waals surface area contributed by atoms with Gasteiger partial charge < -0.3 is 19.5 Å². The zero-order chi connectivity index (χ0) is 24.2. The molecule has 1 unspecified atom stereocenters. The fraction of sp³-hybridized carbons (Fsp3) is 0.407. The van der Waals surface area contributed by atoms with Crippen LogP contribution in [0.1, 0.15) is 56.8 Å². The lowest BCUT2D eigenvalue weighted by molar-refractivity contribution is -0.140. The first-order valence-electron chi connectivity index (χ1n) is 11.3. The molecule has 2 aromatic carbocycles. The van der Waals surface area contributed by atoms with Gasteiger partial charge in [-0.3, -0.25) is 9.59 Å². The van der Waals surface area contributed by atoms with Crippen molar-refractivity contribution in [3.63, 3.8) is 0 Å². The number of carbonyl (C=O) groups is 2. The summed E-state index contributed by atoms with van der Waals surface area (Å²) in [7, 11) is 1.55. The van der Waals surface area contributed by atoms with E-state index in [0.29, 0.717) is 17.9 Å². The Labute approximate surface area is 195 Å². The lowest BCUT2D eigenvalue weighted by Crippen LogP contribution is -2.32. The number of benzene rings is 2. The number of Topliss-reactive ketones (excluding diaryl/α,β-unsaturated/α-hetero) is 1. The molecule has 0 aliphatic carbocycles. The zero-order valence-corrected chi connectivity index (χ0v) is 20.1. The Morgan fingerprint density at radius 1 is 1.00 bits per heavy atom. The number of ether oxygens (including phenoxy) is 2. The summed E-state index contributed by atoms with van der Waals surface area (Å²) in [6.07, 6.45) is 0.890. The minimum absolute atomic E-state index is 0.0298. The van der Waals surface area contributed by atoms with Gasteiger partial charge in [0.05, 0.1) is 24.8 Å². The van der Waals surface area contributed by atoms with Crippen LogP contribution in [0.5, 0.6) is 5.75 Å². The van der Waals surface area contributed by atoms with Crippen LogP contribution in [0, 0.1) is 0 Å². The topological polar surface area (TPSA) is 76.1 Å². The summed E-state index contributed by atoms with van der Waals surface area (Å²) in [4.78, 5) is 27.4. The summed E-state index contributed by atoms with van der Waals surface area (Å²) in [5.41, 5.74) is 2.42. The van der Waals surface area contributed by atoms with Crippen molar-refractivity contribution in [2.75, 3.05) is 26.9 Å². The van der Waals surface area contributed by atoms with E-state index in [4.69, 9.17) is 9.47 Å². The Morgan fingerprint density at radius 2 is 1.64 bits per heavy atom. The second-order valence-electron chi connectivity index (χ2n) is 9.23. The predicted molar refractivity (Wildman–Crippen MR) is 128 cm³/mol. The third-order valence-electron chi connectivity index (χ3n) is 5.77. The second-order valence-corrected chi connectivity index (χ2v) is 9.23. The van der Waals surface area contributed by atoms with Gasteiger partial charge in [-0.25, -0.2) is 0 Å². The highest BCUT2D eigenvalue weighted by Crippen LogP contribution is 2.40. The highest BCUT2D eigenvalue weighted by molar-refractivity contribution is 6.46. The molecular weight excluding hydrogens is 418 g/mol. The summed E-state index contributed by atoms with van der Waals surface area (Å²) >= 11 is 0. The van der Waals surface area contributed by atoms with Crippen LogP contribution < -0.4 is 4.74 Å². The average molecular weight is 452 g/mol. The van der Waals surface area contributed by atoms with Gasteiger partial charge >= 0.3 is 0 Å². The van der Waals surface area contributed by atoms with Crippen molar-refractivity contribution in [1.29, 1.82) is 0 Å². The minimum Gasteiger partial charge on any atom is -0.507 e. The molecule has 2 aromatic rings. The van der Waals surface area contributed by atoms with E-state index in [1.807, 2.05) is 31.2 Å². The number of nitrogens with zero attached hydrogens (tertiary/aromatic N) is 1. The highest BCUT2D eigenvalue weighted by Gasteiger charge is 2.45. The van der Waals surface area contributed by atoms with Gasteiger partial charge in [0.15, 0.2) is 0 Å². The van der Waals surface area contributed by atoms with Gasteiger partial charge in [-0.2, -0.15) is 0 Å². The molecule has 0 aromatic heterocycles. The molecule has 1 saturated heterocycles. The molecule has 0 saturated carbocycles. The number of hydrogen-bond acceptors (Lipinski definition) is 5. The van der Waals surface area contributed by atoms with E-state index in [1.165, 1.54) is 4.90 Å². The van der Waals surface area contributed by atoms with Crippen LogP contribution in [0.15, 0.2) is 54.1 Å². The normalized spacial score (nSPS) is 18.1. The van der Waals surface area contributed by atoms with Gasteiger partial charge in [-0.15, -0.1) is 0 Å². The van der Waals surface area contributed by atoms with Crippen LogP contribution in [0.4, 0.5) is 0 Å². The van der Waals surface area contributed by atoms with Crippen molar-refractivity contribution in [2.24, 2.45) is 0 Å². The molecule has 1 amide bonds. The SMILES string of the molecule is CCCOc1ccc(/C(O)=C2/C(=O)C(=O)N(CCOC)C2c2ccc(C(C)(C)C)cc2)cc1. The van der Waals surface area contributed by atoms with Crippen LogP contribution in [0.2, 0.25) is 0 Å². The number of rotatable bonds is 8. The largest absolute Gasteiger partial charge is 0.507 e. The molecule has 0 bridgehead atoms. The number of amides is 1. The molecule has 1 atom stereocenters. The van der Waals surface area contributed by atoms with E-state index in [2.05, 4.69) is 20.8 Å². The van der Waals surface area contributed by atoms with E-state index >= 15 is 0 Å². The Morgan fingerprint density at radius 3 is 2.18 bits per heavy atom. The smallest absolute Gasteiger partial charge is 0.295 e. The second kappa shape index (κ2) is 10.2. The number of aliphatic hydroxyl groups excluding tert-OH is 1. The van der Waals surface area contributed by atoms with Gasteiger partial charge in [0, 0.05) is 19.2 Å². The third kappa shape index (κ3) is 5.28. The first-order valence-corrected chi connectivity index (χ1v) is 11.3. The minimum atomic E-state index is -0.695. The summed E-state index contributed by atoms with van der Waals surface area (Å²) in [5.74, 6) is -0.843. The summed E-state index contributed by atoms with van der Waals surface area (Å²) in [5, 5.41) is 11.1. The van der Waals surface area contributed by atoms with Crippen molar-refractivity contribution >= 4 is 17.4 Å². The number of ketones is 1. The standard InChI is InChI=1S/C27H33NO5/c1-6-16-33-21-13-9-19(10-14-21)24(29)22-23(28(15-17-32-5)26(31)25(22)30)18-7-11-20(12-8-18)27(2,3)4/h7-14,23,29H,6,15-17H2,1-5H3/b24-22-. The Hall–Kier alpha value is -3.12. The lowest BCUT2D eigenvalue weighted by Gasteiger charge is -2.26. The fourth-order valence-corrected chi connectivity index (χ4v) is 3.90. The van der Waals surface area contributed by atoms with Crippen LogP contribution >= 0.6 is 0 Å². The van der Waals surface area contributed by atoms with E-state index in [9.17, 15) is 14.7 Å². The van der Waals surface area contributed by atoms with Crippen molar-refractivity contribution in [3.8, 4) is 5.75 Å². The molecule has 6 nitrogen and oxygen atoms in total. The van der Waals surface area contributed by atoms with Crippen LogP contribution in [-0.2, 0) is 19.7 Å². The molecule has 1 fully saturated rings. The van der Waals surface area contributed by atoms with Crippen LogP contribution in [-0.4, -0.2) is 48.6 Å². The number of aliphatic hydroxyl groups is 1. The third-order valence-corrected chi connectivity index (χ3v) is 5.77. The van der Waals surface area contributed by atoms with Crippen molar-refractivity contribution in [3.05, 3.63) is 70.8 Å². The number of hydrogen-bond donors (Lipinski definition) is 1. The van der Waals surface area contributed by atoms with Crippen molar-refractivity contribution < 1.29 is 24.2 Å². The first kappa shape index (κ1) is 24.5. The van der Waals surface area contributed by atoms with E-state index in [1.54, 1.807) is 31.4 Å². The molecular formula is C27H33NO5. The Bertz CT molecular complexity index is 1020. The molecule has 3 rings (SSSR count). The fourth-order valence-electron chi connectivity index (χ4n) is 3.90. The highest BCUT2D eigenvalue weighted by atomic mass is 16.5. The summed E-state index contributed by atoms with van der Waals surface area (Å²) in [6, 6.07) is 14.1. The molecule has 1 aliphatic heterocycles. The van der Waals surface area contributed by atoms with Crippen LogP contribution in [0.3, 0.4) is 0 Å². The predicted octanol–water partition coefficient (Wildman–Crippen LogP) is 4.84. The quantitative estimate of drug-likeness (QED) is 0.353. The number of likely N-dealkylation sites (tertiary alicyclic amines) is 1. The van der Waals surface area contributed by atoms with Crippen LogP contribution in [0.25, 0.3) is 5.76 Å². The molecule has 176 valence electrons. The van der Waals surface area contributed by atoms with Gasteiger partial charge in [0.2, 0.25) is 0 Å². The van der Waals surface area contributed by atoms with Gasteiger partial charge in [-0.1, -0.05) is 52.0 Å². The maximum Gasteiger partial charge on any atom is 0.295 e. The average Bonchev–Trinajstić information content (AvgIpc) is 3.05. The molecule has 0 radical (unpaired) electrons. The number of methoxy groups -OCH3 is 1. The van der Waals surface area contributed by atoms with E-state index in [0.717, 1.165) is 17.5 Å². The molecule has 33 heavy (non-hydrogen) atoms. The zero-order valence-electron chi connectivity index (χ0n) is 20.1. The first-order chi connectivity index (χ1) is 15.7. The molecule has 6 heteroatoms. The summed E-state index contributed by atoms with van der Waals surface area (Å²) < 4.78 is 10.8. The summed E-state index contributed by atoms with van der Waals surface area (Å²) in [6.45, 7) is 9.53. The molecule has 1 aliphatic rings. The van der Waals surface area contributed by atoms with Gasteiger partial charge in [0.25, 0.3) is 11.7 Å². The van der Waals surface area contributed by atoms with E-state index in [-0.39, 0.29) is 29.9 Å². The molecule has 1 N–H and O–H groups in total. The maximum absolute atomic E-state index is 13.0. The Balaban J connectivity index is 2.06. The van der Waals surface area contributed by atoms with E-state index < -0.39 is 17.7 Å². The monoisotopic (exact) mass is 451 g/mol. The molecule has 1 heterocycles.